The van der Waals surface area contributed by atoms with Gasteiger partial charge in [0.2, 0.25) is 0 Å². The number of amides is 1. The number of aliphatic hydroxyl groups is 1. The van der Waals surface area contributed by atoms with Gasteiger partial charge in [0.15, 0.2) is 0 Å². The normalized spacial score (nSPS) is 10.2. The van der Waals surface area contributed by atoms with Crippen molar-refractivity contribution in [1.82, 2.24) is 9.80 Å². The van der Waals surface area contributed by atoms with Crippen LogP contribution in [0.5, 0.6) is 0 Å². The zero-order valence-electron chi connectivity index (χ0n) is 11.6. The monoisotopic (exact) mass is 280 g/mol. The van der Waals surface area contributed by atoms with Gasteiger partial charge in [-0.15, -0.1) is 11.3 Å². The molecule has 1 amide bonds. The van der Waals surface area contributed by atoms with E-state index >= 15 is 0 Å². The van der Waals surface area contributed by atoms with E-state index in [2.05, 4.69) is 16.7 Å². The summed E-state index contributed by atoms with van der Waals surface area (Å²) >= 11 is 1.39. The Balaban J connectivity index is 2.64. The van der Waals surface area contributed by atoms with Gasteiger partial charge in [-0.1, -0.05) is 11.8 Å². The molecule has 0 spiro atoms. The van der Waals surface area contributed by atoms with Crippen molar-refractivity contribution >= 4 is 17.2 Å². The molecular formula is C14H20N2O2S. The third-order valence-electron chi connectivity index (χ3n) is 2.61. The van der Waals surface area contributed by atoms with Crippen molar-refractivity contribution in [3.8, 4) is 11.8 Å². The summed E-state index contributed by atoms with van der Waals surface area (Å²) in [5, 5.41) is 10.6. The number of hydrogen-bond acceptors (Lipinski definition) is 4. The fraction of sp³-hybridized carbons (Fsp3) is 0.500. The molecule has 0 fully saturated rings. The first-order valence-electron chi connectivity index (χ1n) is 6.13. The second-order valence-corrected chi connectivity index (χ2v) is 5.42. The highest BCUT2D eigenvalue weighted by Gasteiger charge is 2.16. The van der Waals surface area contributed by atoms with Crippen molar-refractivity contribution in [3.05, 3.63) is 21.9 Å². The minimum atomic E-state index is -0.192. The first-order chi connectivity index (χ1) is 9.06. The summed E-state index contributed by atoms with van der Waals surface area (Å²) in [5.41, 5.74) is 0.698. The highest BCUT2D eigenvalue weighted by Crippen LogP contribution is 2.17. The van der Waals surface area contributed by atoms with Crippen molar-refractivity contribution in [2.24, 2.45) is 0 Å². The van der Waals surface area contributed by atoms with E-state index in [-0.39, 0.29) is 12.5 Å². The average Bonchev–Trinajstić information content (AvgIpc) is 2.82. The molecule has 0 atom stereocenters. The second kappa shape index (κ2) is 7.95. The van der Waals surface area contributed by atoms with Crippen molar-refractivity contribution in [2.75, 3.05) is 40.8 Å². The Kier molecular flexibility index (Phi) is 6.57. The highest BCUT2D eigenvalue weighted by atomic mass is 32.1. The van der Waals surface area contributed by atoms with E-state index in [1.165, 1.54) is 11.3 Å². The zero-order chi connectivity index (χ0) is 14.3. The maximum Gasteiger partial charge on any atom is 0.264 e. The fourth-order valence-corrected chi connectivity index (χ4v) is 2.45. The first-order valence-corrected chi connectivity index (χ1v) is 7.01. The first kappa shape index (κ1) is 15.7. The van der Waals surface area contributed by atoms with Crippen LogP contribution >= 0.6 is 11.3 Å². The third kappa shape index (κ3) is 5.03. The number of hydrogen-bond donors (Lipinski definition) is 1. The van der Waals surface area contributed by atoms with Crippen molar-refractivity contribution in [2.45, 2.75) is 6.42 Å². The third-order valence-corrected chi connectivity index (χ3v) is 3.51. The quantitative estimate of drug-likeness (QED) is 0.822. The summed E-state index contributed by atoms with van der Waals surface area (Å²) in [6, 6.07) is 1.81. The lowest BCUT2D eigenvalue weighted by atomic mass is 10.2. The maximum absolute atomic E-state index is 12.3. The largest absolute Gasteiger partial charge is 0.384 e. The van der Waals surface area contributed by atoms with E-state index in [9.17, 15) is 4.79 Å². The minimum absolute atomic E-state index is 0.00371. The lowest BCUT2D eigenvalue weighted by molar-refractivity contribution is 0.0795. The van der Waals surface area contributed by atoms with Crippen LogP contribution in [-0.4, -0.2) is 61.7 Å². The standard InChI is InChI=1S/C14H20N2O2S/c1-15(2)8-5-9-16(3)14(18)13-12(6-4-10-17)7-11-19-13/h7,11,17H,5,8-10H2,1-3H3. The minimum Gasteiger partial charge on any atom is -0.384 e. The summed E-state index contributed by atoms with van der Waals surface area (Å²) in [6.07, 6.45) is 0.943. The van der Waals surface area contributed by atoms with E-state index in [0.717, 1.165) is 19.5 Å². The SMILES string of the molecule is CN(C)CCCN(C)C(=O)c1sccc1C#CCO. The van der Waals surface area contributed by atoms with Gasteiger partial charge in [-0.05, 0) is 38.5 Å². The summed E-state index contributed by atoms with van der Waals surface area (Å²) in [5.74, 6) is 5.38. The summed E-state index contributed by atoms with van der Waals surface area (Å²) in [7, 11) is 5.84. The van der Waals surface area contributed by atoms with Gasteiger partial charge in [0.1, 0.15) is 11.5 Å². The van der Waals surface area contributed by atoms with Gasteiger partial charge in [0.25, 0.3) is 5.91 Å². The van der Waals surface area contributed by atoms with Crippen LogP contribution in [-0.2, 0) is 0 Å². The number of thiophene rings is 1. The average molecular weight is 280 g/mol. The molecule has 5 heteroatoms. The predicted octanol–water partition coefficient (Wildman–Crippen LogP) is 1.12. The van der Waals surface area contributed by atoms with Crippen molar-refractivity contribution < 1.29 is 9.90 Å². The topological polar surface area (TPSA) is 43.8 Å². The Labute approximate surface area is 118 Å². The van der Waals surface area contributed by atoms with E-state index in [1.54, 1.807) is 11.9 Å². The molecule has 1 aromatic rings. The molecule has 0 saturated carbocycles. The van der Waals surface area contributed by atoms with Crippen LogP contribution in [0.4, 0.5) is 0 Å². The molecule has 0 aliphatic rings. The fourth-order valence-electron chi connectivity index (χ4n) is 1.61. The molecule has 0 aromatic carbocycles. The molecule has 19 heavy (non-hydrogen) atoms. The van der Waals surface area contributed by atoms with Crippen LogP contribution in [0.15, 0.2) is 11.4 Å². The number of aliphatic hydroxyl groups excluding tert-OH is 1. The van der Waals surface area contributed by atoms with Gasteiger partial charge in [-0.3, -0.25) is 4.79 Å². The highest BCUT2D eigenvalue weighted by molar-refractivity contribution is 7.12. The van der Waals surface area contributed by atoms with Gasteiger partial charge in [0, 0.05) is 19.2 Å². The summed E-state index contributed by atoms with van der Waals surface area (Å²) in [4.78, 5) is 16.7. The molecule has 0 bridgehead atoms. The van der Waals surface area contributed by atoms with Gasteiger partial charge >= 0.3 is 0 Å². The van der Waals surface area contributed by atoms with E-state index in [4.69, 9.17) is 5.11 Å². The Morgan fingerprint density at radius 2 is 2.11 bits per heavy atom. The number of rotatable bonds is 5. The zero-order valence-corrected chi connectivity index (χ0v) is 12.5. The van der Waals surface area contributed by atoms with Crippen LogP contribution in [0.25, 0.3) is 0 Å². The van der Waals surface area contributed by atoms with Gasteiger partial charge in [-0.25, -0.2) is 0 Å². The Bertz CT molecular complexity index is 471. The molecule has 0 saturated heterocycles. The number of carbonyl (C=O) groups is 1. The Morgan fingerprint density at radius 3 is 2.74 bits per heavy atom. The molecule has 1 rings (SSSR count). The predicted molar refractivity (Wildman–Crippen MR) is 78.4 cm³/mol. The van der Waals surface area contributed by atoms with Gasteiger partial charge < -0.3 is 14.9 Å². The van der Waals surface area contributed by atoms with Crippen LogP contribution in [0.2, 0.25) is 0 Å². The van der Waals surface area contributed by atoms with Gasteiger partial charge in [0.05, 0.1) is 0 Å². The maximum atomic E-state index is 12.3. The molecule has 0 unspecified atom stereocenters. The lowest BCUT2D eigenvalue weighted by Gasteiger charge is -2.18. The molecule has 4 nitrogen and oxygen atoms in total. The summed E-state index contributed by atoms with van der Waals surface area (Å²) < 4.78 is 0. The molecular weight excluding hydrogens is 260 g/mol. The van der Waals surface area contributed by atoms with Crippen LogP contribution in [0, 0.1) is 11.8 Å². The molecule has 1 aromatic heterocycles. The number of nitrogens with zero attached hydrogens (tertiary/aromatic N) is 2. The molecule has 1 heterocycles. The lowest BCUT2D eigenvalue weighted by Crippen LogP contribution is -2.29. The summed E-state index contributed by atoms with van der Waals surface area (Å²) in [6.45, 7) is 1.49. The van der Waals surface area contributed by atoms with Crippen LogP contribution in [0.3, 0.4) is 0 Å². The van der Waals surface area contributed by atoms with Gasteiger partial charge in [-0.2, -0.15) is 0 Å². The second-order valence-electron chi connectivity index (χ2n) is 4.51. The molecule has 104 valence electrons. The van der Waals surface area contributed by atoms with Crippen LogP contribution in [0.1, 0.15) is 21.7 Å². The molecule has 1 N–H and O–H groups in total. The molecule has 0 aliphatic carbocycles. The van der Waals surface area contributed by atoms with E-state index in [1.807, 2.05) is 25.5 Å². The van der Waals surface area contributed by atoms with Crippen molar-refractivity contribution in [1.29, 1.82) is 0 Å². The van der Waals surface area contributed by atoms with Crippen molar-refractivity contribution in [3.63, 3.8) is 0 Å². The number of carbonyl (C=O) groups excluding carboxylic acids is 1. The smallest absolute Gasteiger partial charge is 0.264 e. The Hall–Kier alpha value is -1.35. The molecule has 0 aliphatic heterocycles. The van der Waals surface area contributed by atoms with E-state index < -0.39 is 0 Å². The van der Waals surface area contributed by atoms with E-state index in [0.29, 0.717) is 10.4 Å². The molecule has 0 radical (unpaired) electrons. The van der Waals surface area contributed by atoms with Crippen LogP contribution < -0.4 is 0 Å². The Morgan fingerprint density at radius 1 is 1.37 bits per heavy atom.